The van der Waals surface area contributed by atoms with Crippen LogP contribution in [0.2, 0.25) is 0 Å². The van der Waals surface area contributed by atoms with Gasteiger partial charge < -0.3 is 10.2 Å². The molecule has 4 nitrogen and oxygen atoms in total. The van der Waals surface area contributed by atoms with Crippen LogP contribution >= 0.6 is 0 Å². The normalized spacial score (nSPS) is 48.6. The van der Waals surface area contributed by atoms with Crippen molar-refractivity contribution in [1.29, 1.82) is 0 Å². The molecule has 0 unspecified atom stereocenters. The summed E-state index contributed by atoms with van der Waals surface area (Å²) in [6.07, 6.45) is 11.2. The molecule has 4 aliphatic rings. The minimum absolute atomic E-state index is 0.0972. The quantitative estimate of drug-likeness (QED) is 0.681. The minimum atomic E-state index is -0.238. The molecule has 4 heteroatoms. The van der Waals surface area contributed by atoms with E-state index in [0.717, 1.165) is 50.7 Å². The summed E-state index contributed by atoms with van der Waals surface area (Å²) >= 11 is 0. The van der Waals surface area contributed by atoms with E-state index >= 15 is 0 Å². The van der Waals surface area contributed by atoms with Gasteiger partial charge in [-0.3, -0.25) is 9.98 Å². The fourth-order valence-electron chi connectivity index (χ4n) is 7.70. The molecule has 0 spiro atoms. The van der Waals surface area contributed by atoms with E-state index in [1.54, 1.807) is 12.3 Å². The summed E-state index contributed by atoms with van der Waals surface area (Å²) in [5, 5.41) is 21.5. The van der Waals surface area contributed by atoms with Crippen molar-refractivity contribution in [2.45, 2.75) is 77.4 Å². The van der Waals surface area contributed by atoms with Crippen LogP contribution in [0.4, 0.5) is 0 Å². The molecule has 4 rings (SSSR count). The zero-order chi connectivity index (χ0) is 20.8. The van der Waals surface area contributed by atoms with Gasteiger partial charge in [0.2, 0.25) is 0 Å². The minimum Gasteiger partial charge on any atom is -0.393 e. The summed E-state index contributed by atoms with van der Waals surface area (Å²) in [4.78, 5) is 9.26. The zero-order valence-electron chi connectivity index (χ0n) is 18.2. The monoisotopic (exact) mass is 398 g/mol. The van der Waals surface area contributed by atoms with Gasteiger partial charge in [0, 0.05) is 17.3 Å². The van der Waals surface area contributed by atoms with Gasteiger partial charge >= 0.3 is 0 Å². The predicted molar refractivity (Wildman–Crippen MR) is 119 cm³/mol. The Labute approximate surface area is 175 Å². The highest BCUT2D eigenvalue weighted by atomic mass is 16.3. The van der Waals surface area contributed by atoms with Crippen LogP contribution in [-0.4, -0.2) is 40.4 Å². The first-order valence-electron chi connectivity index (χ1n) is 11.5. The molecule has 0 aromatic rings. The number of hydrogen-bond donors (Lipinski definition) is 2. The van der Waals surface area contributed by atoms with Gasteiger partial charge in [0.15, 0.2) is 0 Å². The maximum Gasteiger partial charge on any atom is 0.0811 e. The summed E-state index contributed by atoms with van der Waals surface area (Å²) in [5.74, 6) is 1.93. The van der Waals surface area contributed by atoms with Crippen molar-refractivity contribution in [3.63, 3.8) is 0 Å². The molecule has 8 atom stereocenters. The van der Waals surface area contributed by atoms with E-state index in [4.69, 9.17) is 4.99 Å². The molecule has 29 heavy (non-hydrogen) atoms. The molecule has 4 fully saturated rings. The molecule has 0 aromatic heterocycles. The van der Waals surface area contributed by atoms with Gasteiger partial charge in [-0.15, -0.1) is 0 Å². The van der Waals surface area contributed by atoms with Crippen molar-refractivity contribution < 1.29 is 10.2 Å². The number of fused-ring (bicyclic) bond motifs is 5. The molecule has 0 heterocycles. The second-order valence-corrected chi connectivity index (χ2v) is 10.5. The van der Waals surface area contributed by atoms with Crippen LogP contribution in [0, 0.1) is 34.5 Å². The lowest BCUT2D eigenvalue weighted by molar-refractivity contribution is -0.162. The van der Waals surface area contributed by atoms with Crippen LogP contribution in [0.15, 0.2) is 35.4 Å². The van der Waals surface area contributed by atoms with Crippen molar-refractivity contribution in [2.24, 2.45) is 44.5 Å². The standard InChI is InChI=1S/C25H38N2O2/c1-5-17(26-6-2)15-27-22-8-7-19-23-20(10-12-25(19,22)4)24(3)11-9-18(28)13-16(24)14-21(23)29/h5-6,16,18-21,23,28-29H,1-2,7-15H2,3-4H3/b26-17+,27-22+/t16-,18+,19-,20-,21+,23-,24-,25-/m0/s1. The van der Waals surface area contributed by atoms with E-state index in [9.17, 15) is 10.2 Å². The molecule has 160 valence electrons. The number of hydrogen-bond acceptors (Lipinski definition) is 4. The van der Waals surface area contributed by atoms with E-state index in [0.29, 0.717) is 30.2 Å². The van der Waals surface area contributed by atoms with Crippen LogP contribution in [0.25, 0.3) is 0 Å². The number of aliphatic hydroxyl groups excluding tert-OH is 2. The van der Waals surface area contributed by atoms with Crippen molar-refractivity contribution in [3.05, 3.63) is 25.4 Å². The van der Waals surface area contributed by atoms with E-state index < -0.39 is 0 Å². The van der Waals surface area contributed by atoms with Gasteiger partial charge in [-0.25, -0.2) is 0 Å². The first-order chi connectivity index (χ1) is 13.8. The van der Waals surface area contributed by atoms with Gasteiger partial charge in [-0.05, 0) is 86.5 Å². The maximum absolute atomic E-state index is 11.3. The molecule has 0 aromatic carbocycles. The van der Waals surface area contributed by atoms with Gasteiger partial charge in [0.05, 0.1) is 24.5 Å². The van der Waals surface area contributed by atoms with Gasteiger partial charge in [-0.2, -0.15) is 0 Å². The van der Waals surface area contributed by atoms with Crippen molar-refractivity contribution in [2.75, 3.05) is 6.54 Å². The van der Waals surface area contributed by atoms with Gasteiger partial charge in [0.25, 0.3) is 0 Å². The highest BCUT2D eigenvalue weighted by Gasteiger charge is 2.61. The molecule has 4 aliphatic carbocycles. The third-order valence-electron chi connectivity index (χ3n) is 9.32. The fraction of sp³-hybridized carbons (Fsp3) is 0.760. The lowest BCUT2D eigenvalue weighted by Crippen LogP contribution is -2.58. The number of nitrogens with zero attached hydrogens (tertiary/aromatic N) is 2. The first-order valence-corrected chi connectivity index (χ1v) is 11.5. The second-order valence-electron chi connectivity index (χ2n) is 10.5. The molecule has 2 N–H and O–H groups in total. The molecule has 0 aliphatic heterocycles. The number of aliphatic imine (C=N–C) groups is 2. The Bertz CT molecular complexity index is 728. The topological polar surface area (TPSA) is 65.2 Å². The van der Waals surface area contributed by atoms with Crippen molar-refractivity contribution in [3.8, 4) is 0 Å². The SMILES string of the molecule is C=C/N=C(\C=C)C/N=C1\CC[C@H]2[C@@H]3[C@H](O)C[C@@H]4C[C@H](O)CC[C@]4(C)[C@H]3CC[C@]12C. The van der Waals surface area contributed by atoms with E-state index in [1.807, 2.05) is 0 Å². The third kappa shape index (κ3) is 3.37. The molecular formula is C25H38N2O2. The lowest BCUT2D eigenvalue weighted by atomic mass is 9.44. The highest BCUT2D eigenvalue weighted by Crippen LogP contribution is 2.65. The Hall–Kier alpha value is -1.26. The smallest absolute Gasteiger partial charge is 0.0811 e. The van der Waals surface area contributed by atoms with Crippen molar-refractivity contribution >= 4 is 11.4 Å². The van der Waals surface area contributed by atoms with Crippen molar-refractivity contribution in [1.82, 2.24) is 0 Å². The molecule has 0 saturated heterocycles. The van der Waals surface area contributed by atoms with Crippen LogP contribution < -0.4 is 0 Å². The predicted octanol–water partition coefficient (Wildman–Crippen LogP) is 4.57. The van der Waals surface area contributed by atoms with Crippen LogP contribution in [0.5, 0.6) is 0 Å². The summed E-state index contributed by atoms with van der Waals surface area (Å²) in [5.41, 5.74) is 2.55. The Morgan fingerprint density at radius 2 is 1.90 bits per heavy atom. The van der Waals surface area contributed by atoms with Gasteiger partial charge in [0.1, 0.15) is 0 Å². The van der Waals surface area contributed by atoms with E-state index in [-0.39, 0.29) is 23.0 Å². The molecule has 4 saturated carbocycles. The zero-order valence-corrected chi connectivity index (χ0v) is 18.2. The van der Waals surface area contributed by atoms with E-state index in [2.05, 4.69) is 32.0 Å². The molecule has 0 amide bonds. The lowest BCUT2D eigenvalue weighted by Gasteiger charge is -2.61. The Morgan fingerprint density at radius 1 is 1.10 bits per heavy atom. The molecular weight excluding hydrogens is 360 g/mol. The largest absolute Gasteiger partial charge is 0.393 e. The first kappa shape index (κ1) is 21.0. The average molecular weight is 399 g/mol. The Morgan fingerprint density at radius 3 is 2.62 bits per heavy atom. The Kier molecular flexibility index (Phi) is 5.63. The summed E-state index contributed by atoms with van der Waals surface area (Å²) in [7, 11) is 0. The van der Waals surface area contributed by atoms with Crippen LogP contribution in [0.1, 0.15) is 65.2 Å². The maximum atomic E-state index is 11.3. The molecule has 0 radical (unpaired) electrons. The number of rotatable bonds is 4. The van der Waals surface area contributed by atoms with E-state index in [1.165, 1.54) is 12.1 Å². The Balaban J connectivity index is 1.59. The summed E-state index contributed by atoms with van der Waals surface area (Å²) in [6, 6.07) is 0. The van der Waals surface area contributed by atoms with Gasteiger partial charge in [-0.1, -0.05) is 27.0 Å². The fourth-order valence-corrected chi connectivity index (χ4v) is 7.70. The number of aliphatic hydroxyl groups is 2. The second kappa shape index (κ2) is 7.77. The summed E-state index contributed by atoms with van der Waals surface area (Å²) in [6.45, 7) is 12.9. The average Bonchev–Trinajstić information content (AvgIpc) is 3.03. The third-order valence-corrected chi connectivity index (χ3v) is 9.32. The summed E-state index contributed by atoms with van der Waals surface area (Å²) < 4.78 is 0. The van der Waals surface area contributed by atoms with Crippen LogP contribution in [0.3, 0.4) is 0 Å². The molecule has 0 bridgehead atoms. The van der Waals surface area contributed by atoms with Crippen LogP contribution in [-0.2, 0) is 0 Å². The highest BCUT2D eigenvalue weighted by molar-refractivity contribution is 5.99.